The summed E-state index contributed by atoms with van der Waals surface area (Å²) < 4.78 is 7.90. The first kappa shape index (κ1) is 17.3. The van der Waals surface area contributed by atoms with E-state index in [0.29, 0.717) is 22.2 Å². The van der Waals surface area contributed by atoms with Crippen molar-refractivity contribution in [3.05, 3.63) is 46.4 Å². The third-order valence-corrected chi connectivity index (χ3v) is 4.89. The highest BCUT2D eigenvalue weighted by atomic mass is 35.5. The highest BCUT2D eigenvalue weighted by molar-refractivity contribution is 7.17. The molecule has 0 saturated carbocycles. The number of nitrogens with zero attached hydrogens (tertiary/aromatic N) is 1. The van der Waals surface area contributed by atoms with Crippen LogP contribution in [0.3, 0.4) is 0 Å². The van der Waals surface area contributed by atoms with E-state index in [0.717, 1.165) is 10.2 Å². The van der Waals surface area contributed by atoms with Crippen LogP contribution in [0.2, 0.25) is 5.02 Å². The fraction of sp³-hybridized carbons (Fsp3) is 0.176. The van der Waals surface area contributed by atoms with Crippen LogP contribution in [0, 0.1) is 0 Å². The molecule has 8 heteroatoms. The zero-order chi connectivity index (χ0) is 18.0. The Balaban J connectivity index is 1.60. The molecule has 1 aromatic carbocycles. The summed E-state index contributed by atoms with van der Waals surface area (Å²) in [6, 6.07) is 8.70. The van der Waals surface area contributed by atoms with Gasteiger partial charge in [-0.15, -0.1) is 11.3 Å². The predicted octanol–water partition coefficient (Wildman–Crippen LogP) is 3.27. The molecule has 25 heavy (non-hydrogen) atoms. The first-order chi connectivity index (χ1) is 12.0. The van der Waals surface area contributed by atoms with Crippen molar-refractivity contribution in [2.75, 3.05) is 19.0 Å². The third kappa shape index (κ3) is 3.62. The molecule has 2 N–H and O–H groups in total. The minimum atomic E-state index is -0.342. The lowest BCUT2D eigenvalue weighted by Crippen LogP contribution is -2.33. The first-order valence-electron chi connectivity index (χ1n) is 7.44. The van der Waals surface area contributed by atoms with Gasteiger partial charge in [-0.05, 0) is 35.7 Å². The zero-order valence-electron chi connectivity index (χ0n) is 13.6. The quantitative estimate of drug-likeness (QED) is 0.716. The van der Waals surface area contributed by atoms with Crippen LogP contribution in [-0.2, 0) is 11.8 Å². The van der Waals surface area contributed by atoms with Gasteiger partial charge in [-0.2, -0.15) is 0 Å². The number of rotatable bonds is 5. The number of aromatic nitrogens is 1. The SMILES string of the molecule is COc1ccc(NC(=O)CNC(=O)c2cc3sccc3n2C)cc1Cl. The minimum Gasteiger partial charge on any atom is -0.495 e. The van der Waals surface area contributed by atoms with Crippen molar-refractivity contribution in [2.45, 2.75) is 0 Å². The molecule has 6 nitrogen and oxygen atoms in total. The van der Waals surface area contributed by atoms with Crippen molar-refractivity contribution in [2.24, 2.45) is 7.05 Å². The molecule has 0 fully saturated rings. The van der Waals surface area contributed by atoms with Crippen LogP contribution in [0.1, 0.15) is 10.5 Å². The molecule has 0 aliphatic carbocycles. The number of ether oxygens (including phenoxy) is 1. The van der Waals surface area contributed by atoms with Gasteiger partial charge in [0.25, 0.3) is 5.91 Å². The fourth-order valence-electron chi connectivity index (χ4n) is 2.47. The molecule has 2 heterocycles. The number of benzene rings is 1. The summed E-state index contributed by atoms with van der Waals surface area (Å²) in [6.45, 7) is -0.138. The van der Waals surface area contributed by atoms with E-state index in [9.17, 15) is 9.59 Å². The lowest BCUT2D eigenvalue weighted by atomic mass is 10.3. The summed E-state index contributed by atoms with van der Waals surface area (Å²) >= 11 is 7.59. The van der Waals surface area contributed by atoms with Crippen LogP contribution in [0.4, 0.5) is 5.69 Å². The molecular formula is C17H16ClN3O3S. The Labute approximate surface area is 153 Å². The van der Waals surface area contributed by atoms with Gasteiger partial charge in [0.2, 0.25) is 5.91 Å². The van der Waals surface area contributed by atoms with Crippen LogP contribution < -0.4 is 15.4 Å². The first-order valence-corrected chi connectivity index (χ1v) is 8.70. The second kappa shape index (κ2) is 7.16. The van der Waals surface area contributed by atoms with Gasteiger partial charge in [-0.3, -0.25) is 9.59 Å². The average molecular weight is 378 g/mol. The summed E-state index contributed by atoms with van der Waals surface area (Å²) in [4.78, 5) is 24.3. The molecule has 0 aliphatic rings. The summed E-state index contributed by atoms with van der Waals surface area (Å²) in [5.74, 6) is -0.115. The van der Waals surface area contributed by atoms with Gasteiger partial charge in [0, 0.05) is 12.7 Å². The molecule has 0 radical (unpaired) electrons. The maximum atomic E-state index is 12.3. The maximum Gasteiger partial charge on any atom is 0.268 e. The molecular weight excluding hydrogens is 362 g/mol. The number of anilines is 1. The molecule has 3 aromatic rings. The van der Waals surface area contributed by atoms with Crippen LogP contribution in [-0.4, -0.2) is 30.0 Å². The predicted molar refractivity (Wildman–Crippen MR) is 99.8 cm³/mol. The molecule has 0 spiro atoms. The Kier molecular flexibility index (Phi) is 4.96. The molecule has 3 rings (SSSR count). The average Bonchev–Trinajstić information content (AvgIpc) is 3.16. The Morgan fingerprint density at radius 1 is 1.28 bits per heavy atom. The largest absolute Gasteiger partial charge is 0.495 e. The van der Waals surface area contributed by atoms with Crippen molar-refractivity contribution in [1.29, 1.82) is 0 Å². The highest BCUT2D eigenvalue weighted by Gasteiger charge is 2.15. The second-order valence-electron chi connectivity index (χ2n) is 5.34. The number of methoxy groups -OCH3 is 1. The number of amides is 2. The van der Waals surface area contributed by atoms with Gasteiger partial charge < -0.3 is 19.9 Å². The van der Waals surface area contributed by atoms with Gasteiger partial charge in [0.05, 0.1) is 28.9 Å². The molecule has 0 saturated heterocycles. The summed E-state index contributed by atoms with van der Waals surface area (Å²) in [5, 5.41) is 7.67. The normalized spacial score (nSPS) is 10.7. The summed E-state index contributed by atoms with van der Waals surface area (Å²) in [5.41, 5.74) is 2.04. The van der Waals surface area contributed by atoms with Crippen LogP contribution >= 0.6 is 22.9 Å². The number of nitrogens with one attached hydrogen (secondary N) is 2. The van der Waals surface area contributed by atoms with Gasteiger partial charge in [0.15, 0.2) is 0 Å². The van der Waals surface area contributed by atoms with Crippen molar-refractivity contribution in [1.82, 2.24) is 9.88 Å². The molecule has 0 atom stereocenters. The van der Waals surface area contributed by atoms with Gasteiger partial charge in [-0.1, -0.05) is 11.6 Å². The maximum absolute atomic E-state index is 12.3. The summed E-state index contributed by atoms with van der Waals surface area (Å²) in [7, 11) is 3.34. The van der Waals surface area contributed by atoms with E-state index >= 15 is 0 Å². The standard InChI is InChI=1S/C17H16ClN3O3S/c1-21-12-5-6-25-15(12)8-13(21)17(23)19-9-16(22)20-10-3-4-14(24-2)11(18)7-10/h3-8H,9H2,1-2H3,(H,19,23)(H,20,22). The van der Waals surface area contributed by atoms with E-state index in [4.69, 9.17) is 16.3 Å². The van der Waals surface area contributed by atoms with Gasteiger partial charge in [-0.25, -0.2) is 0 Å². The van der Waals surface area contributed by atoms with E-state index in [1.807, 2.05) is 29.1 Å². The lowest BCUT2D eigenvalue weighted by Gasteiger charge is -2.09. The van der Waals surface area contributed by atoms with Crippen LogP contribution in [0.5, 0.6) is 5.75 Å². The Bertz CT molecular complexity index is 948. The number of hydrogen-bond acceptors (Lipinski definition) is 4. The summed E-state index contributed by atoms with van der Waals surface area (Å²) in [6.07, 6.45) is 0. The zero-order valence-corrected chi connectivity index (χ0v) is 15.2. The topological polar surface area (TPSA) is 72.4 Å². The van der Waals surface area contributed by atoms with Crippen LogP contribution in [0.25, 0.3) is 10.2 Å². The number of fused-ring (bicyclic) bond motifs is 1. The van der Waals surface area contributed by atoms with E-state index < -0.39 is 0 Å². The Morgan fingerprint density at radius 3 is 2.76 bits per heavy atom. The number of carbonyl (C=O) groups is 2. The third-order valence-electron chi connectivity index (χ3n) is 3.74. The molecule has 0 aliphatic heterocycles. The molecule has 130 valence electrons. The number of halogens is 1. The van der Waals surface area contributed by atoms with Crippen LogP contribution in [0.15, 0.2) is 35.7 Å². The number of aryl methyl sites for hydroxylation is 1. The van der Waals surface area contributed by atoms with Crippen molar-refractivity contribution in [3.63, 3.8) is 0 Å². The van der Waals surface area contributed by atoms with E-state index in [1.54, 1.807) is 29.5 Å². The second-order valence-corrected chi connectivity index (χ2v) is 6.69. The molecule has 2 aromatic heterocycles. The number of hydrogen-bond donors (Lipinski definition) is 2. The lowest BCUT2D eigenvalue weighted by molar-refractivity contribution is -0.115. The van der Waals surface area contributed by atoms with Crippen molar-refractivity contribution in [3.8, 4) is 5.75 Å². The van der Waals surface area contributed by atoms with Crippen molar-refractivity contribution >= 4 is 50.7 Å². The Hall–Kier alpha value is -2.51. The molecule has 0 unspecified atom stereocenters. The van der Waals surface area contributed by atoms with E-state index in [2.05, 4.69) is 10.6 Å². The van der Waals surface area contributed by atoms with Gasteiger partial charge >= 0.3 is 0 Å². The highest BCUT2D eigenvalue weighted by Crippen LogP contribution is 2.27. The number of carbonyl (C=O) groups excluding carboxylic acids is 2. The molecule has 2 amide bonds. The van der Waals surface area contributed by atoms with E-state index in [1.165, 1.54) is 7.11 Å². The van der Waals surface area contributed by atoms with E-state index in [-0.39, 0.29) is 18.4 Å². The molecule has 0 bridgehead atoms. The fourth-order valence-corrected chi connectivity index (χ4v) is 3.58. The smallest absolute Gasteiger partial charge is 0.268 e. The minimum absolute atomic E-state index is 0.138. The number of thiophene rings is 1. The van der Waals surface area contributed by atoms with Gasteiger partial charge in [0.1, 0.15) is 11.4 Å². The monoisotopic (exact) mass is 377 g/mol. The van der Waals surface area contributed by atoms with Crippen molar-refractivity contribution < 1.29 is 14.3 Å². The Morgan fingerprint density at radius 2 is 2.08 bits per heavy atom.